The first-order valence-corrected chi connectivity index (χ1v) is 9.28. The zero-order valence-electron chi connectivity index (χ0n) is 14.1. The van der Waals surface area contributed by atoms with Crippen LogP contribution in [-0.2, 0) is 6.54 Å². The summed E-state index contributed by atoms with van der Waals surface area (Å²) in [5, 5.41) is 5.16. The standard InChI is InChI=1S/C17H19N5O2S.ClH/c23-16(22-5-1-2-6-22)14-8-12(9-18-14)15-11-25-17(21-20-15)19-10-13-4-3-7-24-13;/h3-4,7-9,18H,1-2,5-6,10-11H2,(H,19,21);1H. The molecule has 0 saturated carbocycles. The average molecular weight is 394 g/mol. The van der Waals surface area contributed by atoms with Crippen LogP contribution >= 0.6 is 24.2 Å². The molecule has 1 amide bonds. The molecule has 26 heavy (non-hydrogen) atoms. The van der Waals surface area contributed by atoms with Gasteiger partial charge in [0.25, 0.3) is 5.91 Å². The Bertz CT molecular complexity index is 809. The van der Waals surface area contributed by atoms with Gasteiger partial charge in [-0.15, -0.1) is 12.4 Å². The van der Waals surface area contributed by atoms with E-state index in [4.69, 9.17) is 4.42 Å². The minimum atomic E-state index is 0. The molecule has 4 rings (SSSR count). The van der Waals surface area contributed by atoms with Crippen molar-refractivity contribution in [2.45, 2.75) is 19.4 Å². The number of aromatic nitrogens is 1. The van der Waals surface area contributed by atoms with Crippen LogP contribution in [0.25, 0.3) is 0 Å². The van der Waals surface area contributed by atoms with Crippen LogP contribution in [0.2, 0.25) is 0 Å². The molecule has 0 atom stereocenters. The Hall–Kier alpha value is -2.19. The van der Waals surface area contributed by atoms with Crippen molar-refractivity contribution in [2.24, 2.45) is 10.1 Å². The van der Waals surface area contributed by atoms with Gasteiger partial charge in [0.15, 0.2) is 5.17 Å². The fraction of sp³-hybridized carbons (Fsp3) is 0.353. The summed E-state index contributed by atoms with van der Waals surface area (Å²) in [5.74, 6) is 1.60. The van der Waals surface area contributed by atoms with Crippen molar-refractivity contribution in [1.29, 1.82) is 0 Å². The maximum Gasteiger partial charge on any atom is 0.270 e. The summed E-state index contributed by atoms with van der Waals surface area (Å²) in [4.78, 5) is 21.8. The number of halogens is 1. The zero-order valence-corrected chi connectivity index (χ0v) is 15.7. The number of hydrogen-bond acceptors (Lipinski definition) is 5. The van der Waals surface area contributed by atoms with Crippen LogP contribution in [0.3, 0.4) is 0 Å². The van der Waals surface area contributed by atoms with Gasteiger partial charge in [0.05, 0.1) is 18.5 Å². The third-order valence-electron chi connectivity index (χ3n) is 4.23. The number of hydrazone groups is 1. The Morgan fingerprint density at radius 3 is 2.92 bits per heavy atom. The fourth-order valence-electron chi connectivity index (χ4n) is 2.87. The van der Waals surface area contributed by atoms with Crippen molar-refractivity contribution in [3.8, 4) is 0 Å². The quantitative estimate of drug-likeness (QED) is 0.836. The van der Waals surface area contributed by atoms with Crippen LogP contribution in [0.1, 0.15) is 34.7 Å². The van der Waals surface area contributed by atoms with Gasteiger partial charge >= 0.3 is 0 Å². The lowest BCUT2D eigenvalue weighted by Gasteiger charge is -2.14. The van der Waals surface area contributed by atoms with Gasteiger partial charge in [-0.1, -0.05) is 11.8 Å². The number of rotatable bonds is 4. The second-order valence-corrected chi connectivity index (χ2v) is 6.93. The molecular weight excluding hydrogens is 374 g/mol. The number of hydrogen-bond donors (Lipinski definition) is 2. The number of furan rings is 1. The van der Waals surface area contributed by atoms with Gasteiger partial charge in [-0.3, -0.25) is 15.2 Å². The van der Waals surface area contributed by atoms with E-state index in [1.165, 1.54) is 0 Å². The molecular formula is C17H20ClN5O2S. The van der Waals surface area contributed by atoms with Crippen LogP contribution in [0.5, 0.6) is 0 Å². The second kappa shape index (κ2) is 8.46. The monoisotopic (exact) mass is 393 g/mol. The van der Waals surface area contributed by atoms with Gasteiger partial charge in [0.1, 0.15) is 11.5 Å². The molecule has 2 aliphatic heterocycles. The van der Waals surface area contributed by atoms with Gasteiger partial charge in [0, 0.05) is 30.6 Å². The van der Waals surface area contributed by atoms with Crippen molar-refractivity contribution in [1.82, 2.24) is 15.3 Å². The Balaban J connectivity index is 0.00000196. The number of aliphatic imine (C=N–C) groups is 1. The van der Waals surface area contributed by atoms with E-state index in [0.29, 0.717) is 18.0 Å². The van der Waals surface area contributed by atoms with Gasteiger partial charge in [-0.2, -0.15) is 5.10 Å². The summed E-state index contributed by atoms with van der Waals surface area (Å²) < 4.78 is 5.26. The van der Waals surface area contributed by atoms with Gasteiger partial charge < -0.3 is 14.3 Å². The number of carbonyl (C=O) groups is 1. The molecule has 1 saturated heterocycles. The summed E-state index contributed by atoms with van der Waals surface area (Å²) in [6.07, 6.45) is 5.66. The van der Waals surface area contributed by atoms with Gasteiger partial charge in [-0.05, 0) is 31.0 Å². The lowest BCUT2D eigenvalue weighted by atomic mass is 10.2. The topological polar surface area (TPSA) is 86.0 Å². The Kier molecular flexibility index (Phi) is 6.05. The number of amides is 1. The first kappa shape index (κ1) is 18.6. The third kappa shape index (κ3) is 4.13. The normalized spacial score (nSPS) is 18.4. The van der Waals surface area contributed by atoms with Gasteiger partial charge in [0.2, 0.25) is 0 Å². The maximum absolute atomic E-state index is 12.4. The summed E-state index contributed by atoms with van der Waals surface area (Å²) >= 11 is 1.59. The van der Waals surface area contributed by atoms with E-state index in [0.717, 1.165) is 48.1 Å². The number of nitrogens with zero attached hydrogens (tertiary/aromatic N) is 3. The number of likely N-dealkylation sites (tertiary alicyclic amines) is 1. The molecule has 138 valence electrons. The molecule has 0 unspecified atom stereocenters. The van der Waals surface area contributed by atoms with E-state index in [9.17, 15) is 4.79 Å². The molecule has 0 aromatic carbocycles. The average Bonchev–Trinajstić information content (AvgIpc) is 3.42. The van der Waals surface area contributed by atoms with E-state index >= 15 is 0 Å². The smallest absolute Gasteiger partial charge is 0.270 e. The predicted octanol–water partition coefficient (Wildman–Crippen LogP) is 2.86. The number of thioether (sulfide) groups is 1. The van der Waals surface area contributed by atoms with Crippen LogP contribution < -0.4 is 5.43 Å². The van der Waals surface area contributed by atoms with E-state index in [1.807, 2.05) is 29.3 Å². The first-order valence-electron chi connectivity index (χ1n) is 8.30. The van der Waals surface area contributed by atoms with Crippen molar-refractivity contribution >= 4 is 41.0 Å². The molecule has 0 aliphatic carbocycles. The summed E-state index contributed by atoms with van der Waals surface area (Å²) in [5.41, 5.74) is 5.44. The number of aromatic amines is 1. The van der Waals surface area contributed by atoms with E-state index in [1.54, 1.807) is 18.0 Å². The van der Waals surface area contributed by atoms with Crippen LogP contribution in [-0.4, -0.2) is 45.5 Å². The van der Waals surface area contributed by atoms with E-state index < -0.39 is 0 Å². The molecule has 2 aliphatic rings. The van der Waals surface area contributed by atoms with Gasteiger partial charge in [-0.25, -0.2) is 0 Å². The van der Waals surface area contributed by atoms with Crippen LogP contribution in [0, 0.1) is 0 Å². The molecule has 7 nitrogen and oxygen atoms in total. The Morgan fingerprint density at radius 2 is 2.23 bits per heavy atom. The number of H-pyrrole nitrogens is 1. The predicted molar refractivity (Wildman–Crippen MR) is 105 cm³/mol. The minimum absolute atomic E-state index is 0. The number of carbonyl (C=O) groups excluding carboxylic acids is 1. The highest BCUT2D eigenvalue weighted by Gasteiger charge is 2.22. The lowest BCUT2D eigenvalue weighted by molar-refractivity contribution is 0.0787. The first-order chi connectivity index (χ1) is 12.3. The largest absolute Gasteiger partial charge is 0.467 e. The molecule has 2 N–H and O–H groups in total. The summed E-state index contributed by atoms with van der Waals surface area (Å²) in [6.45, 7) is 2.19. The minimum Gasteiger partial charge on any atom is -0.467 e. The molecule has 2 aromatic rings. The van der Waals surface area contributed by atoms with Crippen LogP contribution in [0.4, 0.5) is 0 Å². The van der Waals surface area contributed by atoms with Crippen molar-refractivity contribution in [2.75, 3.05) is 18.8 Å². The Labute approximate surface area is 161 Å². The maximum atomic E-state index is 12.4. The van der Waals surface area contributed by atoms with Crippen molar-refractivity contribution in [3.05, 3.63) is 47.7 Å². The second-order valence-electron chi connectivity index (χ2n) is 5.96. The lowest BCUT2D eigenvalue weighted by Crippen LogP contribution is -2.28. The van der Waals surface area contributed by atoms with E-state index in [2.05, 4.69) is 20.5 Å². The molecule has 0 spiro atoms. The molecule has 2 aromatic heterocycles. The van der Waals surface area contributed by atoms with Crippen molar-refractivity contribution in [3.63, 3.8) is 0 Å². The Morgan fingerprint density at radius 1 is 1.38 bits per heavy atom. The molecule has 0 bridgehead atoms. The SMILES string of the molecule is Cl.O=C(c1cc(C2=NNC(=NCc3ccco3)SC2)c[nH]1)N1CCCC1. The highest BCUT2D eigenvalue weighted by molar-refractivity contribution is 8.14. The highest BCUT2D eigenvalue weighted by atomic mass is 35.5. The summed E-state index contributed by atoms with van der Waals surface area (Å²) in [7, 11) is 0. The van der Waals surface area contributed by atoms with E-state index in [-0.39, 0.29) is 18.3 Å². The molecule has 1 fully saturated rings. The summed E-state index contributed by atoms with van der Waals surface area (Å²) in [6, 6.07) is 5.62. The molecule has 4 heterocycles. The molecule has 0 radical (unpaired) electrons. The highest BCUT2D eigenvalue weighted by Crippen LogP contribution is 2.17. The van der Waals surface area contributed by atoms with Crippen molar-refractivity contribution < 1.29 is 9.21 Å². The third-order valence-corrected chi connectivity index (χ3v) is 5.14. The number of nitrogens with one attached hydrogen (secondary N) is 2. The molecule has 9 heteroatoms. The zero-order chi connectivity index (χ0) is 17.1. The van der Waals surface area contributed by atoms with Crippen LogP contribution in [0.15, 0.2) is 45.2 Å². The fourth-order valence-corrected chi connectivity index (χ4v) is 3.64. The number of amidine groups is 1.